The van der Waals surface area contributed by atoms with Crippen molar-refractivity contribution >= 4 is 24.8 Å². The first-order valence-corrected chi connectivity index (χ1v) is 3.38. The van der Waals surface area contributed by atoms with E-state index < -0.39 is 0 Å². The van der Waals surface area contributed by atoms with Crippen LogP contribution in [0.25, 0.3) is 0 Å². The van der Waals surface area contributed by atoms with Gasteiger partial charge in [0.2, 0.25) is 0 Å². The number of rotatable bonds is 2. The Balaban J connectivity index is 0. The summed E-state index contributed by atoms with van der Waals surface area (Å²) in [6.07, 6.45) is 3.70. The summed E-state index contributed by atoms with van der Waals surface area (Å²) < 4.78 is 0. The van der Waals surface area contributed by atoms with Crippen molar-refractivity contribution in [2.45, 2.75) is 13.5 Å². The molecule has 4 heteroatoms. The van der Waals surface area contributed by atoms with Crippen molar-refractivity contribution in [3.05, 3.63) is 29.6 Å². The van der Waals surface area contributed by atoms with E-state index in [2.05, 4.69) is 17.2 Å². The Bertz CT molecular complexity index is 216. The highest BCUT2D eigenvalue weighted by atomic mass is 35.5. The number of nitrogens with zero attached hydrogens (tertiary/aromatic N) is 1. The summed E-state index contributed by atoms with van der Waals surface area (Å²) in [6, 6.07) is 2.03. The van der Waals surface area contributed by atoms with Gasteiger partial charge in [-0.2, -0.15) is 0 Å². The van der Waals surface area contributed by atoms with Gasteiger partial charge in [-0.1, -0.05) is 0 Å². The van der Waals surface area contributed by atoms with E-state index in [0.717, 1.165) is 6.54 Å². The third-order valence-electron chi connectivity index (χ3n) is 1.50. The van der Waals surface area contributed by atoms with Crippen molar-refractivity contribution in [2.75, 3.05) is 7.05 Å². The minimum absolute atomic E-state index is 0. The Morgan fingerprint density at radius 1 is 1.42 bits per heavy atom. The molecule has 0 radical (unpaired) electrons. The first-order chi connectivity index (χ1) is 4.84. The first-order valence-electron chi connectivity index (χ1n) is 3.38. The lowest BCUT2D eigenvalue weighted by Crippen LogP contribution is -2.06. The predicted molar refractivity (Wildman–Crippen MR) is 56.2 cm³/mol. The number of halogens is 2. The van der Waals surface area contributed by atoms with Crippen LogP contribution in [0.15, 0.2) is 18.5 Å². The number of hydrogen-bond acceptors (Lipinski definition) is 2. The number of pyridine rings is 1. The smallest absolute Gasteiger partial charge is 0.0300 e. The lowest BCUT2D eigenvalue weighted by atomic mass is 10.2. The molecule has 0 bridgehead atoms. The van der Waals surface area contributed by atoms with Gasteiger partial charge in [-0.25, -0.2) is 0 Å². The van der Waals surface area contributed by atoms with Crippen LogP contribution in [0.2, 0.25) is 0 Å². The third-order valence-corrected chi connectivity index (χ3v) is 1.50. The second kappa shape index (κ2) is 7.35. The monoisotopic (exact) mass is 208 g/mol. The normalized spacial score (nSPS) is 8.17. The van der Waals surface area contributed by atoms with E-state index in [1.54, 1.807) is 0 Å². The molecule has 1 aromatic heterocycles. The van der Waals surface area contributed by atoms with Gasteiger partial charge in [-0.05, 0) is 31.2 Å². The van der Waals surface area contributed by atoms with Gasteiger partial charge < -0.3 is 5.32 Å². The fourth-order valence-corrected chi connectivity index (χ4v) is 0.891. The lowest BCUT2D eigenvalue weighted by Gasteiger charge is -2.01. The Kier molecular flexibility index (Phi) is 8.71. The lowest BCUT2D eigenvalue weighted by molar-refractivity contribution is 0.809. The van der Waals surface area contributed by atoms with Crippen molar-refractivity contribution in [1.82, 2.24) is 10.3 Å². The molecule has 0 atom stereocenters. The Hall–Kier alpha value is -0.310. The molecule has 0 saturated carbocycles. The highest BCUT2D eigenvalue weighted by Crippen LogP contribution is 2.02. The molecular formula is C8H14Cl2N2. The summed E-state index contributed by atoms with van der Waals surface area (Å²) in [5.74, 6) is 0. The molecule has 0 saturated heterocycles. The van der Waals surface area contributed by atoms with Gasteiger partial charge >= 0.3 is 0 Å². The maximum Gasteiger partial charge on any atom is 0.0300 e. The Morgan fingerprint density at radius 2 is 2.08 bits per heavy atom. The van der Waals surface area contributed by atoms with Gasteiger partial charge in [0.15, 0.2) is 0 Å². The van der Waals surface area contributed by atoms with Crippen molar-refractivity contribution in [2.24, 2.45) is 0 Å². The predicted octanol–water partition coefficient (Wildman–Crippen LogP) is 1.95. The Morgan fingerprint density at radius 3 is 2.58 bits per heavy atom. The molecule has 0 aliphatic heterocycles. The molecule has 1 N–H and O–H groups in total. The molecule has 0 spiro atoms. The van der Waals surface area contributed by atoms with Crippen molar-refractivity contribution < 1.29 is 0 Å². The van der Waals surface area contributed by atoms with Crippen LogP contribution < -0.4 is 5.32 Å². The van der Waals surface area contributed by atoms with E-state index in [1.165, 1.54) is 11.1 Å². The van der Waals surface area contributed by atoms with Gasteiger partial charge in [0.25, 0.3) is 0 Å². The van der Waals surface area contributed by atoms with E-state index in [4.69, 9.17) is 0 Å². The van der Waals surface area contributed by atoms with Crippen LogP contribution in [0.5, 0.6) is 0 Å². The number of aromatic nitrogens is 1. The van der Waals surface area contributed by atoms with Gasteiger partial charge in [-0.3, -0.25) is 4.98 Å². The van der Waals surface area contributed by atoms with Gasteiger partial charge in [0, 0.05) is 18.9 Å². The standard InChI is InChI=1S/C8H12N2.2ClH/c1-7-5-10-4-3-8(7)6-9-2;;/h3-5,9H,6H2,1-2H3;2*1H. The summed E-state index contributed by atoms with van der Waals surface area (Å²) in [6.45, 7) is 2.99. The minimum atomic E-state index is 0. The Labute approximate surface area is 85.6 Å². The van der Waals surface area contributed by atoms with Crippen LogP contribution in [-0.2, 0) is 6.54 Å². The SMILES string of the molecule is CNCc1ccncc1C.Cl.Cl. The number of hydrogen-bond donors (Lipinski definition) is 1. The highest BCUT2D eigenvalue weighted by molar-refractivity contribution is 5.85. The molecule has 12 heavy (non-hydrogen) atoms. The molecular weight excluding hydrogens is 195 g/mol. The zero-order valence-corrected chi connectivity index (χ0v) is 8.84. The van der Waals surface area contributed by atoms with Gasteiger partial charge in [0.1, 0.15) is 0 Å². The fraction of sp³-hybridized carbons (Fsp3) is 0.375. The van der Waals surface area contributed by atoms with E-state index in [0.29, 0.717) is 0 Å². The van der Waals surface area contributed by atoms with E-state index >= 15 is 0 Å². The topological polar surface area (TPSA) is 24.9 Å². The highest BCUT2D eigenvalue weighted by Gasteiger charge is 1.92. The average Bonchev–Trinajstić information content (AvgIpc) is 1.94. The van der Waals surface area contributed by atoms with E-state index in [-0.39, 0.29) is 24.8 Å². The van der Waals surface area contributed by atoms with Crippen LogP contribution in [-0.4, -0.2) is 12.0 Å². The van der Waals surface area contributed by atoms with Crippen LogP contribution >= 0.6 is 24.8 Å². The van der Waals surface area contributed by atoms with Crippen molar-refractivity contribution in [1.29, 1.82) is 0 Å². The maximum atomic E-state index is 4.00. The second-order valence-corrected chi connectivity index (χ2v) is 2.33. The zero-order valence-electron chi connectivity index (χ0n) is 7.20. The molecule has 70 valence electrons. The van der Waals surface area contributed by atoms with Gasteiger partial charge in [-0.15, -0.1) is 24.8 Å². The molecule has 0 fully saturated rings. The fourth-order valence-electron chi connectivity index (χ4n) is 0.891. The number of nitrogens with one attached hydrogen (secondary N) is 1. The summed E-state index contributed by atoms with van der Waals surface area (Å²) >= 11 is 0. The molecule has 0 aliphatic carbocycles. The summed E-state index contributed by atoms with van der Waals surface area (Å²) in [7, 11) is 1.94. The molecule has 0 unspecified atom stereocenters. The van der Waals surface area contributed by atoms with Crippen LogP contribution in [0.1, 0.15) is 11.1 Å². The van der Waals surface area contributed by atoms with E-state index in [9.17, 15) is 0 Å². The molecule has 0 aromatic carbocycles. The van der Waals surface area contributed by atoms with Crippen molar-refractivity contribution in [3.8, 4) is 0 Å². The molecule has 1 aromatic rings. The zero-order chi connectivity index (χ0) is 7.40. The quantitative estimate of drug-likeness (QED) is 0.805. The van der Waals surface area contributed by atoms with Crippen LogP contribution in [0.3, 0.4) is 0 Å². The summed E-state index contributed by atoms with van der Waals surface area (Å²) in [5.41, 5.74) is 2.56. The number of aryl methyl sites for hydroxylation is 1. The summed E-state index contributed by atoms with van der Waals surface area (Å²) in [4.78, 5) is 4.00. The summed E-state index contributed by atoms with van der Waals surface area (Å²) in [5, 5.41) is 3.10. The van der Waals surface area contributed by atoms with Gasteiger partial charge in [0.05, 0.1) is 0 Å². The molecule has 0 aliphatic rings. The largest absolute Gasteiger partial charge is 0.316 e. The van der Waals surface area contributed by atoms with Crippen LogP contribution in [0.4, 0.5) is 0 Å². The third kappa shape index (κ3) is 3.90. The molecule has 1 rings (SSSR count). The minimum Gasteiger partial charge on any atom is -0.316 e. The maximum absolute atomic E-state index is 4.00. The first kappa shape index (κ1) is 14.2. The molecule has 2 nitrogen and oxygen atoms in total. The van der Waals surface area contributed by atoms with Crippen LogP contribution in [0, 0.1) is 6.92 Å². The molecule has 0 amide bonds. The molecule has 1 heterocycles. The average molecular weight is 209 g/mol. The second-order valence-electron chi connectivity index (χ2n) is 2.33. The van der Waals surface area contributed by atoms with Crippen molar-refractivity contribution in [3.63, 3.8) is 0 Å². The van der Waals surface area contributed by atoms with E-state index in [1.807, 2.05) is 25.5 Å².